The van der Waals surface area contributed by atoms with Crippen molar-refractivity contribution in [3.05, 3.63) is 69.7 Å². The number of hydrogen-bond acceptors (Lipinski definition) is 2. The molecule has 100 valence electrons. The summed E-state index contributed by atoms with van der Waals surface area (Å²) in [5, 5.41) is 21.2. The monoisotopic (exact) mass is 296 g/mol. The third kappa shape index (κ3) is 3.48. The van der Waals surface area contributed by atoms with E-state index >= 15 is 0 Å². The average molecular weight is 297 g/mol. The highest BCUT2D eigenvalue weighted by Gasteiger charge is 2.20. The summed E-state index contributed by atoms with van der Waals surface area (Å²) in [5.41, 5.74) is 1.31. The molecule has 0 amide bonds. The molecule has 4 heteroatoms. The van der Waals surface area contributed by atoms with E-state index in [0.29, 0.717) is 21.2 Å². The van der Waals surface area contributed by atoms with Crippen molar-refractivity contribution in [2.45, 2.75) is 18.6 Å². The summed E-state index contributed by atoms with van der Waals surface area (Å²) >= 11 is 12.1. The summed E-state index contributed by atoms with van der Waals surface area (Å²) in [4.78, 5) is 0. The Balaban J connectivity index is 2.15. The van der Waals surface area contributed by atoms with E-state index in [0.717, 1.165) is 0 Å². The number of halogens is 2. The van der Waals surface area contributed by atoms with Gasteiger partial charge in [-0.15, -0.1) is 0 Å². The van der Waals surface area contributed by atoms with Gasteiger partial charge in [0.05, 0.1) is 6.10 Å². The fourth-order valence-corrected chi connectivity index (χ4v) is 2.47. The maximum absolute atomic E-state index is 10.1. The molecule has 0 aliphatic heterocycles. The summed E-state index contributed by atoms with van der Waals surface area (Å²) in [6.07, 6.45) is -1.72. The lowest BCUT2D eigenvalue weighted by Gasteiger charge is -2.19. The first kappa shape index (κ1) is 14.4. The zero-order chi connectivity index (χ0) is 13.8. The van der Waals surface area contributed by atoms with Crippen LogP contribution in [-0.4, -0.2) is 16.3 Å². The highest BCUT2D eigenvalue weighted by Crippen LogP contribution is 2.28. The molecule has 2 aromatic rings. The van der Waals surface area contributed by atoms with Gasteiger partial charge in [-0.2, -0.15) is 0 Å². The van der Waals surface area contributed by atoms with Crippen molar-refractivity contribution >= 4 is 23.2 Å². The molecule has 0 aliphatic carbocycles. The first-order valence-electron chi connectivity index (χ1n) is 5.93. The van der Waals surface area contributed by atoms with Gasteiger partial charge in [-0.1, -0.05) is 59.6 Å². The van der Waals surface area contributed by atoms with Gasteiger partial charge in [-0.3, -0.25) is 0 Å². The van der Waals surface area contributed by atoms with Gasteiger partial charge in [0.25, 0.3) is 0 Å². The third-order valence-corrected chi connectivity index (χ3v) is 3.69. The number of aliphatic hydroxyl groups is 2. The van der Waals surface area contributed by atoms with E-state index in [9.17, 15) is 10.2 Å². The molecular weight excluding hydrogens is 283 g/mol. The van der Waals surface area contributed by atoms with Crippen LogP contribution >= 0.6 is 23.2 Å². The molecule has 19 heavy (non-hydrogen) atoms. The summed E-state index contributed by atoms with van der Waals surface area (Å²) in [7, 11) is 0. The first-order valence-corrected chi connectivity index (χ1v) is 6.69. The fraction of sp³-hybridized carbons (Fsp3) is 0.200. The van der Waals surface area contributed by atoms with Crippen molar-refractivity contribution in [1.82, 2.24) is 0 Å². The Bertz CT molecular complexity index is 523. The highest BCUT2D eigenvalue weighted by atomic mass is 35.5. The Hall–Kier alpha value is -1.06. The van der Waals surface area contributed by atoms with Crippen LogP contribution < -0.4 is 0 Å². The van der Waals surface area contributed by atoms with Gasteiger partial charge in [0.2, 0.25) is 0 Å². The maximum atomic E-state index is 10.1. The summed E-state index contributed by atoms with van der Waals surface area (Å²) < 4.78 is 0. The van der Waals surface area contributed by atoms with Gasteiger partial charge in [0.15, 0.2) is 0 Å². The number of rotatable bonds is 4. The largest absolute Gasteiger partial charge is 0.390 e. The van der Waals surface area contributed by atoms with Crippen LogP contribution in [0.25, 0.3) is 0 Å². The van der Waals surface area contributed by atoms with E-state index in [1.165, 1.54) is 0 Å². The minimum Gasteiger partial charge on any atom is -0.390 e. The Morgan fingerprint density at radius 1 is 0.842 bits per heavy atom. The topological polar surface area (TPSA) is 40.5 Å². The highest BCUT2D eigenvalue weighted by molar-refractivity contribution is 6.35. The smallest absolute Gasteiger partial charge is 0.105 e. The van der Waals surface area contributed by atoms with E-state index in [1.54, 1.807) is 30.3 Å². The Morgan fingerprint density at radius 3 is 2.00 bits per heavy atom. The van der Waals surface area contributed by atoms with Crippen LogP contribution in [0.4, 0.5) is 0 Å². The van der Waals surface area contributed by atoms with Crippen molar-refractivity contribution in [2.24, 2.45) is 0 Å². The molecule has 2 unspecified atom stereocenters. The van der Waals surface area contributed by atoms with E-state index in [-0.39, 0.29) is 6.42 Å². The maximum Gasteiger partial charge on any atom is 0.105 e. The Labute approximate surface area is 122 Å². The van der Waals surface area contributed by atoms with Crippen molar-refractivity contribution in [3.63, 3.8) is 0 Å². The lowest BCUT2D eigenvalue weighted by Crippen LogP contribution is -2.21. The van der Waals surface area contributed by atoms with Crippen LogP contribution in [0.2, 0.25) is 10.0 Å². The van der Waals surface area contributed by atoms with Gasteiger partial charge in [-0.25, -0.2) is 0 Å². The molecule has 0 heterocycles. The Morgan fingerprint density at radius 2 is 1.42 bits per heavy atom. The molecule has 0 bridgehead atoms. The second kappa shape index (κ2) is 6.40. The second-order valence-corrected chi connectivity index (χ2v) is 5.14. The lowest BCUT2D eigenvalue weighted by molar-refractivity contribution is 0.0190. The van der Waals surface area contributed by atoms with Gasteiger partial charge in [-0.05, 0) is 23.3 Å². The molecular formula is C15H14Cl2O2. The summed E-state index contributed by atoms with van der Waals surface area (Å²) in [5.74, 6) is 0. The quantitative estimate of drug-likeness (QED) is 0.904. The van der Waals surface area contributed by atoms with E-state index in [1.807, 2.05) is 18.2 Å². The van der Waals surface area contributed by atoms with Crippen molar-refractivity contribution < 1.29 is 10.2 Å². The van der Waals surface area contributed by atoms with E-state index in [4.69, 9.17) is 23.2 Å². The molecule has 0 saturated carbocycles. The predicted octanol–water partition coefficient (Wildman–Crippen LogP) is 3.63. The van der Waals surface area contributed by atoms with Gasteiger partial charge < -0.3 is 10.2 Å². The normalized spacial score (nSPS) is 14.1. The van der Waals surface area contributed by atoms with Crippen LogP contribution in [0.5, 0.6) is 0 Å². The summed E-state index contributed by atoms with van der Waals surface area (Å²) in [6, 6.07) is 14.2. The molecule has 0 aromatic heterocycles. The second-order valence-electron chi connectivity index (χ2n) is 4.33. The minimum absolute atomic E-state index is 0.203. The van der Waals surface area contributed by atoms with Crippen LogP contribution in [0.15, 0.2) is 48.5 Å². The lowest BCUT2D eigenvalue weighted by atomic mass is 9.98. The molecule has 2 nitrogen and oxygen atoms in total. The zero-order valence-electron chi connectivity index (χ0n) is 10.1. The number of benzene rings is 2. The van der Waals surface area contributed by atoms with Crippen LogP contribution in [0, 0.1) is 0 Å². The van der Waals surface area contributed by atoms with Crippen LogP contribution in [0.1, 0.15) is 17.2 Å². The molecule has 2 atom stereocenters. The standard InChI is InChI=1S/C15H14Cl2O2/c16-12-7-4-8-13(17)11(12)9-14(18)15(19)10-5-2-1-3-6-10/h1-8,14-15,18-19H,9H2. The fourth-order valence-electron chi connectivity index (χ4n) is 1.92. The van der Waals surface area contributed by atoms with Crippen molar-refractivity contribution in [2.75, 3.05) is 0 Å². The molecule has 2 rings (SSSR count). The van der Waals surface area contributed by atoms with Crippen molar-refractivity contribution in [1.29, 1.82) is 0 Å². The molecule has 0 fully saturated rings. The van der Waals surface area contributed by atoms with Crippen molar-refractivity contribution in [3.8, 4) is 0 Å². The molecule has 0 saturated heterocycles. The van der Waals surface area contributed by atoms with E-state index in [2.05, 4.69) is 0 Å². The Kier molecular flexibility index (Phi) is 4.83. The molecule has 0 spiro atoms. The number of aliphatic hydroxyl groups excluding tert-OH is 2. The molecule has 2 aromatic carbocycles. The third-order valence-electron chi connectivity index (χ3n) is 2.98. The van der Waals surface area contributed by atoms with Gasteiger partial charge >= 0.3 is 0 Å². The predicted molar refractivity (Wildman–Crippen MR) is 77.6 cm³/mol. The van der Waals surface area contributed by atoms with Crippen LogP contribution in [-0.2, 0) is 6.42 Å². The zero-order valence-corrected chi connectivity index (χ0v) is 11.6. The SMILES string of the molecule is OC(Cc1c(Cl)cccc1Cl)C(O)c1ccccc1. The molecule has 2 N–H and O–H groups in total. The van der Waals surface area contributed by atoms with Gasteiger partial charge in [0.1, 0.15) is 6.10 Å². The van der Waals surface area contributed by atoms with E-state index < -0.39 is 12.2 Å². The average Bonchev–Trinajstić information content (AvgIpc) is 2.43. The summed E-state index contributed by atoms with van der Waals surface area (Å²) in [6.45, 7) is 0. The van der Waals surface area contributed by atoms with Crippen LogP contribution in [0.3, 0.4) is 0 Å². The van der Waals surface area contributed by atoms with Gasteiger partial charge in [0, 0.05) is 16.5 Å². The molecule has 0 radical (unpaired) electrons. The minimum atomic E-state index is -0.964. The number of hydrogen-bond donors (Lipinski definition) is 2. The molecule has 0 aliphatic rings. The first-order chi connectivity index (χ1) is 9.09.